The van der Waals surface area contributed by atoms with Gasteiger partial charge in [-0.25, -0.2) is 13.4 Å². The Balaban J connectivity index is 1.43. The zero-order chi connectivity index (χ0) is 23.6. The molecule has 0 amide bonds. The van der Waals surface area contributed by atoms with Crippen LogP contribution in [0.5, 0.6) is 11.5 Å². The molecular formula is C22H23Cl2N3O4S2. The van der Waals surface area contributed by atoms with E-state index in [2.05, 4.69) is 4.90 Å². The van der Waals surface area contributed by atoms with Crippen molar-refractivity contribution < 1.29 is 17.9 Å². The molecule has 1 fully saturated rings. The van der Waals surface area contributed by atoms with E-state index in [1.165, 1.54) is 22.5 Å². The Bertz CT molecular complexity index is 1220. The third-order valence-electron chi connectivity index (χ3n) is 5.38. The van der Waals surface area contributed by atoms with Crippen LogP contribution in [0, 0.1) is 0 Å². The number of methoxy groups -OCH3 is 2. The summed E-state index contributed by atoms with van der Waals surface area (Å²) in [7, 11) is -0.394. The molecule has 11 heteroatoms. The van der Waals surface area contributed by atoms with Gasteiger partial charge < -0.3 is 14.4 Å². The highest BCUT2D eigenvalue weighted by atomic mass is 35.5. The lowest BCUT2D eigenvalue weighted by atomic mass is 10.1. The molecule has 0 radical (unpaired) electrons. The molecule has 4 rings (SSSR count). The van der Waals surface area contributed by atoms with Crippen LogP contribution in [-0.2, 0) is 16.4 Å². The number of sulfonamides is 1. The monoisotopic (exact) mass is 527 g/mol. The van der Waals surface area contributed by atoms with Gasteiger partial charge in [0.1, 0.15) is 11.5 Å². The maximum atomic E-state index is 13.0. The minimum absolute atomic E-state index is 0.109. The van der Waals surface area contributed by atoms with Crippen molar-refractivity contribution in [2.45, 2.75) is 11.3 Å². The van der Waals surface area contributed by atoms with Crippen molar-refractivity contribution in [2.75, 3.05) is 45.3 Å². The first kappa shape index (κ1) is 24.1. The van der Waals surface area contributed by atoms with Gasteiger partial charge in [-0.2, -0.15) is 4.31 Å². The summed E-state index contributed by atoms with van der Waals surface area (Å²) in [5.74, 6) is 1.55. The summed E-state index contributed by atoms with van der Waals surface area (Å²) >= 11 is 13.5. The minimum Gasteiger partial charge on any atom is -0.497 e. The van der Waals surface area contributed by atoms with Crippen molar-refractivity contribution in [3.63, 3.8) is 0 Å². The highest BCUT2D eigenvalue weighted by Gasteiger charge is 2.30. The fraction of sp³-hybridized carbons (Fsp3) is 0.318. The second-order valence-corrected chi connectivity index (χ2v) is 11.1. The van der Waals surface area contributed by atoms with Gasteiger partial charge in [0.2, 0.25) is 10.0 Å². The highest BCUT2D eigenvalue weighted by molar-refractivity contribution is 7.89. The molecular weight excluding hydrogens is 505 g/mol. The van der Waals surface area contributed by atoms with Crippen molar-refractivity contribution in [1.29, 1.82) is 0 Å². The number of nitrogens with zero attached hydrogens (tertiary/aromatic N) is 3. The summed E-state index contributed by atoms with van der Waals surface area (Å²) in [5.41, 5.74) is 1.91. The van der Waals surface area contributed by atoms with Gasteiger partial charge in [-0.1, -0.05) is 23.2 Å². The van der Waals surface area contributed by atoms with Crippen LogP contribution < -0.4 is 14.4 Å². The number of halogens is 2. The smallest absolute Gasteiger partial charge is 0.243 e. The summed E-state index contributed by atoms with van der Waals surface area (Å²) in [4.78, 5) is 6.99. The summed E-state index contributed by atoms with van der Waals surface area (Å²) in [6, 6.07) is 10.1. The quantitative estimate of drug-likeness (QED) is 0.448. The Morgan fingerprint density at radius 1 is 1.00 bits per heavy atom. The first-order valence-electron chi connectivity index (χ1n) is 10.2. The second kappa shape index (κ2) is 10.1. The molecule has 0 bridgehead atoms. The van der Waals surface area contributed by atoms with Crippen molar-refractivity contribution in [2.24, 2.45) is 0 Å². The van der Waals surface area contributed by atoms with Gasteiger partial charge in [0.05, 0.1) is 24.8 Å². The van der Waals surface area contributed by atoms with Gasteiger partial charge >= 0.3 is 0 Å². The van der Waals surface area contributed by atoms with Crippen LogP contribution in [0.4, 0.5) is 5.13 Å². The molecule has 2 aromatic carbocycles. The number of benzene rings is 2. The standard InChI is InChI=1S/C22H23Cl2N3O4S2/c1-30-19-3-4-21(31-2)15(10-19)9-18-14-32-22(25-18)26-5-7-27(8-6-26)33(28,29)20-12-16(23)11-17(24)13-20/h3-4,10-14H,5-9H2,1-2H3. The summed E-state index contributed by atoms with van der Waals surface area (Å²) in [6.07, 6.45) is 0.612. The van der Waals surface area contributed by atoms with Gasteiger partial charge in [0, 0.05) is 53.6 Å². The molecule has 0 unspecified atom stereocenters. The number of aromatic nitrogens is 1. The Morgan fingerprint density at radius 2 is 1.70 bits per heavy atom. The minimum atomic E-state index is -3.67. The zero-order valence-corrected chi connectivity index (χ0v) is 21.3. The first-order chi connectivity index (χ1) is 15.8. The molecule has 2 heterocycles. The van der Waals surface area contributed by atoms with Gasteiger partial charge in [-0.3, -0.25) is 0 Å². The number of hydrogen-bond acceptors (Lipinski definition) is 7. The number of thiazole rings is 1. The third kappa shape index (κ3) is 5.38. The third-order valence-corrected chi connectivity index (χ3v) is 8.64. The van der Waals surface area contributed by atoms with E-state index >= 15 is 0 Å². The van der Waals surface area contributed by atoms with Crippen molar-refractivity contribution in [3.8, 4) is 11.5 Å². The molecule has 7 nitrogen and oxygen atoms in total. The maximum Gasteiger partial charge on any atom is 0.243 e. The summed E-state index contributed by atoms with van der Waals surface area (Å²) in [6.45, 7) is 1.79. The van der Waals surface area contributed by atoms with Crippen LogP contribution in [0.1, 0.15) is 11.3 Å². The van der Waals surface area contributed by atoms with E-state index < -0.39 is 10.0 Å². The first-order valence-corrected chi connectivity index (χ1v) is 13.2. The van der Waals surface area contributed by atoms with Crippen LogP contribution in [0.3, 0.4) is 0 Å². The molecule has 1 aliphatic heterocycles. The molecule has 1 aliphatic rings. The van der Waals surface area contributed by atoms with Crippen LogP contribution in [0.15, 0.2) is 46.7 Å². The van der Waals surface area contributed by atoms with E-state index in [0.29, 0.717) is 42.6 Å². The maximum absolute atomic E-state index is 13.0. The average Bonchev–Trinajstić information content (AvgIpc) is 3.27. The predicted octanol–water partition coefficient (Wildman–Crippen LogP) is 4.57. The normalized spacial score (nSPS) is 15.0. The fourth-order valence-corrected chi connectivity index (χ4v) is 6.71. The van der Waals surface area contributed by atoms with E-state index in [1.807, 2.05) is 23.6 Å². The number of hydrogen-bond donors (Lipinski definition) is 0. The van der Waals surface area contributed by atoms with E-state index in [4.69, 9.17) is 37.7 Å². The van der Waals surface area contributed by atoms with E-state index in [-0.39, 0.29) is 4.90 Å². The SMILES string of the molecule is COc1ccc(OC)c(Cc2csc(N3CCN(S(=O)(=O)c4cc(Cl)cc(Cl)c4)CC3)n2)c1. The molecule has 176 valence electrons. The van der Waals surface area contributed by atoms with Crippen LogP contribution in [0.2, 0.25) is 10.0 Å². The topological polar surface area (TPSA) is 72.0 Å². The second-order valence-electron chi connectivity index (χ2n) is 7.47. The molecule has 0 spiro atoms. The molecule has 0 atom stereocenters. The number of anilines is 1. The summed E-state index contributed by atoms with van der Waals surface area (Å²) < 4.78 is 38.3. The van der Waals surface area contributed by atoms with Gasteiger partial charge in [0.15, 0.2) is 5.13 Å². The van der Waals surface area contributed by atoms with Crippen molar-refractivity contribution in [3.05, 3.63) is 63.1 Å². The van der Waals surface area contributed by atoms with Gasteiger partial charge in [0.25, 0.3) is 0 Å². The Morgan fingerprint density at radius 3 is 2.33 bits per heavy atom. The summed E-state index contributed by atoms with van der Waals surface area (Å²) in [5, 5.41) is 3.48. The molecule has 0 aliphatic carbocycles. The molecule has 1 aromatic heterocycles. The number of rotatable bonds is 7. The lowest BCUT2D eigenvalue weighted by Crippen LogP contribution is -2.48. The average molecular weight is 528 g/mol. The lowest BCUT2D eigenvalue weighted by Gasteiger charge is -2.33. The van der Waals surface area contributed by atoms with Gasteiger partial charge in [-0.05, 0) is 36.4 Å². The van der Waals surface area contributed by atoms with E-state index in [9.17, 15) is 8.42 Å². The molecule has 3 aromatic rings. The lowest BCUT2D eigenvalue weighted by molar-refractivity contribution is 0.384. The fourth-order valence-electron chi connectivity index (χ4n) is 3.68. The van der Waals surface area contributed by atoms with E-state index in [0.717, 1.165) is 27.9 Å². The van der Waals surface area contributed by atoms with Crippen molar-refractivity contribution in [1.82, 2.24) is 9.29 Å². The number of piperazine rings is 1. The Kier molecular flexibility index (Phi) is 7.35. The Hall–Kier alpha value is -2.04. The van der Waals surface area contributed by atoms with Crippen LogP contribution >= 0.6 is 34.5 Å². The number of ether oxygens (including phenoxy) is 2. The van der Waals surface area contributed by atoms with Crippen LogP contribution in [-0.4, -0.2) is 58.1 Å². The highest BCUT2D eigenvalue weighted by Crippen LogP contribution is 2.30. The largest absolute Gasteiger partial charge is 0.497 e. The molecule has 0 N–H and O–H groups in total. The molecule has 0 saturated carbocycles. The van der Waals surface area contributed by atoms with Crippen molar-refractivity contribution >= 4 is 49.7 Å². The van der Waals surface area contributed by atoms with Gasteiger partial charge in [-0.15, -0.1) is 11.3 Å². The Labute approximate surface area is 207 Å². The molecule has 33 heavy (non-hydrogen) atoms. The molecule has 1 saturated heterocycles. The zero-order valence-electron chi connectivity index (χ0n) is 18.1. The van der Waals surface area contributed by atoms with Crippen LogP contribution in [0.25, 0.3) is 0 Å². The predicted molar refractivity (Wildman–Crippen MR) is 132 cm³/mol. The van der Waals surface area contributed by atoms with E-state index in [1.54, 1.807) is 25.6 Å².